The van der Waals surface area contributed by atoms with Crippen molar-refractivity contribution in [1.29, 1.82) is 0 Å². The number of para-hydroxylation sites is 1. The maximum atomic E-state index is 11.7. The quantitative estimate of drug-likeness (QED) is 0.737. The van der Waals surface area contributed by atoms with Gasteiger partial charge in [-0.2, -0.15) is 0 Å². The summed E-state index contributed by atoms with van der Waals surface area (Å²) >= 11 is 0. The van der Waals surface area contributed by atoms with Gasteiger partial charge < -0.3 is 14.8 Å². The van der Waals surface area contributed by atoms with Gasteiger partial charge in [-0.1, -0.05) is 18.2 Å². The first kappa shape index (κ1) is 16.5. The van der Waals surface area contributed by atoms with Gasteiger partial charge in [-0.25, -0.2) is 0 Å². The molecular weight excluding hydrogens is 256 g/mol. The molecule has 112 valence electrons. The van der Waals surface area contributed by atoms with Crippen molar-refractivity contribution in [3.8, 4) is 5.75 Å². The van der Waals surface area contributed by atoms with Gasteiger partial charge in [0.1, 0.15) is 12.4 Å². The lowest BCUT2D eigenvalue weighted by Crippen LogP contribution is -2.42. The Kier molecular flexibility index (Phi) is 7.69. The van der Waals surface area contributed by atoms with Crippen molar-refractivity contribution in [2.24, 2.45) is 0 Å². The number of nitrogens with zero attached hydrogens (tertiary/aromatic N) is 1. The minimum Gasteiger partial charge on any atom is -0.492 e. The second-order valence-corrected chi connectivity index (χ2v) is 4.82. The fraction of sp³-hybridized carbons (Fsp3) is 0.533. The predicted molar refractivity (Wildman–Crippen MR) is 78.9 cm³/mol. The van der Waals surface area contributed by atoms with Crippen LogP contribution in [0.4, 0.5) is 0 Å². The topological polar surface area (TPSA) is 50.8 Å². The van der Waals surface area contributed by atoms with Gasteiger partial charge >= 0.3 is 0 Å². The Hall–Kier alpha value is -1.59. The molecule has 0 spiro atoms. The summed E-state index contributed by atoms with van der Waals surface area (Å²) in [5, 5.41) is 2.87. The molecular formula is C15H24N2O3. The highest BCUT2D eigenvalue weighted by molar-refractivity contribution is 5.78. The van der Waals surface area contributed by atoms with Crippen LogP contribution >= 0.6 is 0 Å². The Morgan fingerprint density at radius 3 is 2.70 bits per heavy atom. The lowest BCUT2D eigenvalue weighted by molar-refractivity contribution is -0.122. The van der Waals surface area contributed by atoms with Gasteiger partial charge in [-0.3, -0.25) is 9.69 Å². The number of carbonyl (C=O) groups excluding carboxylic acids is 1. The minimum absolute atomic E-state index is 0.00300. The van der Waals surface area contributed by atoms with Gasteiger partial charge in [0.2, 0.25) is 5.91 Å². The van der Waals surface area contributed by atoms with Crippen molar-refractivity contribution in [2.45, 2.75) is 13.0 Å². The number of hydrogen-bond donors (Lipinski definition) is 1. The molecule has 20 heavy (non-hydrogen) atoms. The number of rotatable bonds is 9. The van der Waals surface area contributed by atoms with E-state index in [1.807, 2.05) is 49.2 Å². The normalized spacial score (nSPS) is 12.2. The van der Waals surface area contributed by atoms with Crippen molar-refractivity contribution in [2.75, 3.05) is 40.5 Å². The van der Waals surface area contributed by atoms with E-state index in [0.29, 0.717) is 26.3 Å². The van der Waals surface area contributed by atoms with E-state index >= 15 is 0 Å². The molecule has 0 heterocycles. The minimum atomic E-state index is -0.00300. The van der Waals surface area contributed by atoms with Gasteiger partial charge in [0.15, 0.2) is 0 Å². The van der Waals surface area contributed by atoms with Crippen LogP contribution in [-0.4, -0.2) is 57.3 Å². The number of methoxy groups -OCH3 is 1. The molecule has 1 atom stereocenters. The van der Waals surface area contributed by atoms with Crippen LogP contribution in [0.2, 0.25) is 0 Å². The van der Waals surface area contributed by atoms with Crippen molar-refractivity contribution >= 4 is 5.91 Å². The molecule has 1 aromatic carbocycles. The average Bonchev–Trinajstić information content (AvgIpc) is 2.39. The molecule has 1 amide bonds. The molecule has 0 aliphatic rings. The van der Waals surface area contributed by atoms with Crippen molar-refractivity contribution in [1.82, 2.24) is 10.2 Å². The molecule has 0 fully saturated rings. The smallest absolute Gasteiger partial charge is 0.234 e. The SMILES string of the molecule is COCC(C)NC(=O)CN(C)CCOc1ccccc1. The third-order valence-corrected chi connectivity index (χ3v) is 2.72. The van der Waals surface area contributed by atoms with Crippen LogP contribution in [0, 0.1) is 0 Å². The fourth-order valence-electron chi connectivity index (χ4n) is 1.77. The number of likely N-dealkylation sites (N-methyl/N-ethyl adjacent to an activating group) is 1. The fourth-order valence-corrected chi connectivity index (χ4v) is 1.77. The number of nitrogens with one attached hydrogen (secondary N) is 1. The summed E-state index contributed by atoms with van der Waals surface area (Å²) in [5.74, 6) is 0.843. The summed E-state index contributed by atoms with van der Waals surface area (Å²) in [7, 11) is 3.52. The first-order valence-electron chi connectivity index (χ1n) is 6.76. The maximum absolute atomic E-state index is 11.7. The zero-order valence-corrected chi connectivity index (χ0v) is 12.5. The van der Waals surface area contributed by atoms with Gasteiger partial charge in [0, 0.05) is 19.7 Å². The summed E-state index contributed by atoms with van der Waals surface area (Å²) in [6.07, 6.45) is 0. The van der Waals surface area contributed by atoms with Crippen LogP contribution in [-0.2, 0) is 9.53 Å². The largest absolute Gasteiger partial charge is 0.492 e. The van der Waals surface area contributed by atoms with Crippen LogP contribution in [0.15, 0.2) is 30.3 Å². The summed E-state index contributed by atoms with van der Waals surface area (Å²) in [4.78, 5) is 13.7. The van der Waals surface area contributed by atoms with Crippen LogP contribution in [0.1, 0.15) is 6.92 Å². The first-order valence-corrected chi connectivity index (χ1v) is 6.76. The molecule has 0 aliphatic carbocycles. The van der Waals surface area contributed by atoms with E-state index in [4.69, 9.17) is 9.47 Å². The number of benzene rings is 1. The molecule has 5 heteroatoms. The van der Waals surface area contributed by atoms with Crippen molar-refractivity contribution < 1.29 is 14.3 Å². The molecule has 0 saturated carbocycles. The molecule has 1 N–H and O–H groups in total. The molecule has 0 saturated heterocycles. The molecule has 0 bridgehead atoms. The Morgan fingerprint density at radius 2 is 2.05 bits per heavy atom. The van der Waals surface area contributed by atoms with Crippen LogP contribution in [0.5, 0.6) is 5.75 Å². The lowest BCUT2D eigenvalue weighted by atomic mass is 10.3. The second-order valence-electron chi connectivity index (χ2n) is 4.82. The predicted octanol–water partition coefficient (Wildman–Crippen LogP) is 1.15. The van der Waals surface area contributed by atoms with Gasteiger partial charge in [0.05, 0.1) is 13.2 Å². The zero-order chi connectivity index (χ0) is 14.8. The highest BCUT2D eigenvalue weighted by Crippen LogP contribution is 2.07. The third kappa shape index (κ3) is 7.11. The van der Waals surface area contributed by atoms with E-state index in [1.54, 1.807) is 7.11 Å². The van der Waals surface area contributed by atoms with Gasteiger partial charge in [-0.05, 0) is 26.1 Å². The van der Waals surface area contributed by atoms with E-state index in [0.717, 1.165) is 5.75 Å². The lowest BCUT2D eigenvalue weighted by Gasteiger charge is -2.18. The van der Waals surface area contributed by atoms with E-state index in [2.05, 4.69) is 5.32 Å². The van der Waals surface area contributed by atoms with Gasteiger partial charge in [0.25, 0.3) is 0 Å². The first-order chi connectivity index (χ1) is 9.61. The molecule has 0 aliphatic heterocycles. The number of hydrogen-bond acceptors (Lipinski definition) is 4. The molecule has 1 unspecified atom stereocenters. The van der Waals surface area contributed by atoms with Crippen LogP contribution in [0.3, 0.4) is 0 Å². The Labute approximate surface area is 120 Å². The molecule has 1 aromatic rings. The second kappa shape index (κ2) is 9.34. The monoisotopic (exact) mass is 280 g/mol. The highest BCUT2D eigenvalue weighted by Gasteiger charge is 2.09. The molecule has 0 radical (unpaired) electrons. The Morgan fingerprint density at radius 1 is 1.35 bits per heavy atom. The van der Waals surface area contributed by atoms with Gasteiger partial charge in [-0.15, -0.1) is 0 Å². The van der Waals surface area contributed by atoms with E-state index in [1.165, 1.54) is 0 Å². The van der Waals surface area contributed by atoms with E-state index < -0.39 is 0 Å². The molecule has 0 aromatic heterocycles. The maximum Gasteiger partial charge on any atom is 0.234 e. The number of ether oxygens (including phenoxy) is 2. The van der Waals surface area contributed by atoms with Crippen molar-refractivity contribution in [3.05, 3.63) is 30.3 Å². The van der Waals surface area contributed by atoms with E-state index in [9.17, 15) is 4.79 Å². The van der Waals surface area contributed by atoms with Crippen molar-refractivity contribution in [3.63, 3.8) is 0 Å². The summed E-state index contributed by atoms with van der Waals surface area (Å²) < 4.78 is 10.6. The standard InChI is InChI=1S/C15H24N2O3/c1-13(12-19-3)16-15(18)11-17(2)9-10-20-14-7-5-4-6-8-14/h4-8,13H,9-12H2,1-3H3,(H,16,18). The third-order valence-electron chi connectivity index (χ3n) is 2.72. The summed E-state index contributed by atoms with van der Waals surface area (Å²) in [6, 6.07) is 9.68. The average molecular weight is 280 g/mol. The molecule has 5 nitrogen and oxygen atoms in total. The van der Waals surface area contributed by atoms with Crippen LogP contribution < -0.4 is 10.1 Å². The Bertz CT molecular complexity index is 384. The number of carbonyl (C=O) groups is 1. The summed E-state index contributed by atoms with van der Waals surface area (Å²) in [6.45, 7) is 4.04. The molecule has 1 rings (SSSR count). The Balaban J connectivity index is 2.16. The summed E-state index contributed by atoms with van der Waals surface area (Å²) in [5.41, 5.74) is 0. The van der Waals surface area contributed by atoms with E-state index in [-0.39, 0.29) is 11.9 Å². The number of amides is 1. The zero-order valence-electron chi connectivity index (χ0n) is 12.5. The van der Waals surface area contributed by atoms with Crippen LogP contribution in [0.25, 0.3) is 0 Å². The highest BCUT2D eigenvalue weighted by atomic mass is 16.5.